The number of aryl methyl sites for hydroxylation is 1. The van der Waals surface area contributed by atoms with Crippen molar-refractivity contribution >= 4 is 16.6 Å². The Labute approximate surface area is 82.2 Å². The van der Waals surface area contributed by atoms with Crippen LogP contribution >= 0.6 is 0 Å². The van der Waals surface area contributed by atoms with Crippen LogP contribution in [0.1, 0.15) is 12.6 Å². The lowest BCUT2D eigenvalue weighted by molar-refractivity contribution is 0.466. The van der Waals surface area contributed by atoms with Crippen molar-refractivity contribution in [2.75, 3.05) is 5.73 Å². The molecule has 3 N–H and O–H groups in total. The Morgan fingerprint density at radius 3 is 2.86 bits per heavy atom. The highest BCUT2D eigenvalue weighted by Crippen LogP contribution is 2.23. The van der Waals surface area contributed by atoms with E-state index in [4.69, 9.17) is 5.73 Å². The molecule has 0 atom stereocenters. The van der Waals surface area contributed by atoms with Gasteiger partial charge in [0.1, 0.15) is 5.75 Å². The van der Waals surface area contributed by atoms with Gasteiger partial charge in [-0.1, -0.05) is 6.92 Å². The van der Waals surface area contributed by atoms with Crippen molar-refractivity contribution < 1.29 is 5.11 Å². The number of anilines is 1. The van der Waals surface area contributed by atoms with E-state index in [2.05, 4.69) is 4.98 Å². The number of benzene rings is 1. The van der Waals surface area contributed by atoms with E-state index in [9.17, 15) is 5.11 Å². The molecule has 1 aromatic heterocycles. The molecule has 0 amide bonds. The summed E-state index contributed by atoms with van der Waals surface area (Å²) in [7, 11) is 0. The maximum atomic E-state index is 9.60. The maximum Gasteiger partial charge on any atom is 0.137 e. The van der Waals surface area contributed by atoms with Gasteiger partial charge >= 0.3 is 0 Å². The fraction of sp³-hybridized carbons (Fsp3) is 0.182. The quantitative estimate of drug-likeness (QED) is 0.673. The highest BCUT2D eigenvalue weighted by molar-refractivity contribution is 5.83. The fourth-order valence-electron chi connectivity index (χ4n) is 1.48. The van der Waals surface area contributed by atoms with E-state index in [1.165, 1.54) is 0 Å². The lowest BCUT2D eigenvalue weighted by Gasteiger charge is -2.04. The van der Waals surface area contributed by atoms with Gasteiger partial charge in [0.15, 0.2) is 0 Å². The molecule has 0 aliphatic heterocycles. The van der Waals surface area contributed by atoms with Crippen molar-refractivity contribution in [1.29, 1.82) is 0 Å². The predicted molar refractivity (Wildman–Crippen MR) is 57.2 cm³/mol. The van der Waals surface area contributed by atoms with Gasteiger partial charge in [-0.05, 0) is 30.7 Å². The van der Waals surface area contributed by atoms with Crippen molar-refractivity contribution in [2.24, 2.45) is 0 Å². The second-order valence-electron chi connectivity index (χ2n) is 3.26. The molecule has 3 heteroatoms. The molecule has 3 nitrogen and oxygen atoms in total. The first kappa shape index (κ1) is 8.81. The SMILES string of the molecule is CCc1nc2ccc(N)cc2cc1O. The summed E-state index contributed by atoms with van der Waals surface area (Å²) < 4.78 is 0. The molecular formula is C11H12N2O. The lowest BCUT2D eigenvalue weighted by Crippen LogP contribution is -1.90. The monoisotopic (exact) mass is 188 g/mol. The van der Waals surface area contributed by atoms with Crippen molar-refractivity contribution in [3.63, 3.8) is 0 Å². The molecule has 0 aliphatic rings. The number of hydrogen-bond donors (Lipinski definition) is 2. The smallest absolute Gasteiger partial charge is 0.137 e. The zero-order valence-corrected chi connectivity index (χ0v) is 7.99. The molecule has 2 aromatic rings. The van der Waals surface area contributed by atoms with E-state index < -0.39 is 0 Å². The summed E-state index contributed by atoms with van der Waals surface area (Å²) in [6.07, 6.45) is 0.728. The minimum absolute atomic E-state index is 0.241. The first-order chi connectivity index (χ1) is 6.70. The maximum absolute atomic E-state index is 9.60. The molecule has 0 spiro atoms. The Kier molecular flexibility index (Phi) is 2.00. The number of nitrogens with two attached hydrogens (primary N) is 1. The first-order valence-electron chi connectivity index (χ1n) is 4.59. The molecule has 0 bridgehead atoms. The van der Waals surface area contributed by atoms with Gasteiger partial charge in [0.2, 0.25) is 0 Å². The minimum atomic E-state index is 0.241. The Balaban J connectivity index is 2.73. The van der Waals surface area contributed by atoms with Gasteiger partial charge in [-0.2, -0.15) is 0 Å². The fourth-order valence-corrected chi connectivity index (χ4v) is 1.48. The van der Waals surface area contributed by atoms with E-state index in [0.29, 0.717) is 5.69 Å². The molecule has 0 radical (unpaired) electrons. The Morgan fingerprint density at radius 1 is 1.36 bits per heavy atom. The van der Waals surface area contributed by atoms with Crippen LogP contribution in [0.25, 0.3) is 10.9 Å². The van der Waals surface area contributed by atoms with Crippen LogP contribution in [0.3, 0.4) is 0 Å². The third kappa shape index (κ3) is 1.37. The standard InChI is InChI=1S/C11H12N2O/c1-2-9-11(14)6-7-5-8(12)3-4-10(7)13-9/h3-6,14H,2,12H2,1H3. The van der Waals surface area contributed by atoms with Gasteiger partial charge < -0.3 is 10.8 Å². The molecule has 14 heavy (non-hydrogen) atoms. The van der Waals surface area contributed by atoms with Gasteiger partial charge in [-0.25, -0.2) is 4.98 Å². The third-order valence-corrected chi connectivity index (χ3v) is 2.23. The zero-order valence-electron chi connectivity index (χ0n) is 7.99. The molecule has 0 fully saturated rings. The summed E-state index contributed by atoms with van der Waals surface area (Å²) in [4.78, 5) is 4.33. The number of aromatic hydroxyl groups is 1. The molecule has 0 aliphatic carbocycles. The first-order valence-corrected chi connectivity index (χ1v) is 4.59. The molecule has 0 saturated carbocycles. The van der Waals surface area contributed by atoms with Crippen LogP contribution in [0.4, 0.5) is 5.69 Å². The van der Waals surface area contributed by atoms with Crippen LogP contribution in [0.15, 0.2) is 24.3 Å². The Hall–Kier alpha value is -1.77. The highest BCUT2D eigenvalue weighted by atomic mass is 16.3. The van der Waals surface area contributed by atoms with Gasteiger partial charge in [-0.15, -0.1) is 0 Å². The van der Waals surface area contributed by atoms with Crippen molar-refractivity contribution in [3.05, 3.63) is 30.0 Å². The largest absolute Gasteiger partial charge is 0.506 e. The average Bonchev–Trinajstić information content (AvgIpc) is 2.16. The molecule has 0 saturated heterocycles. The molecular weight excluding hydrogens is 176 g/mol. The number of nitrogen functional groups attached to an aromatic ring is 1. The molecule has 1 heterocycles. The van der Waals surface area contributed by atoms with Gasteiger partial charge in [0.05, 0.1) is 11.2 Å². The summed E-state index contributed by atoms with van der Waals surface area (Å²) in [5, 5.41) is 10.5. The lowest BCUT2D eigenvalue weighted by atomic mass is 10.1. The molecule has 0 unspecified atom stereocenters. The van der Waals surface area contributed by atoms with E-state index >= 15 is 0 Å². The predicted octanol–water partition coefficient (Wildman–Crippen LogP) is 2.09. The second kappa shape index (κ2) is 3.18. The summed E-state index contributed by atoms with van der Waals surface area (Å²) in [5.41, 5.74) is 7.91. The van der Waals surface area contributed by atoms with Gasteiger partial charge in [0, 0.05) is 11.1 Å². The van der Waals surface area contributed by atoms with E-state index in [1.54, 1.807) is 6.07 Å². The highest BCUT2D eigenvalue weighted by Gasteiger charge is 2.03. The van der Waals surface area contributed by atoms with Crippen LogP contribution in [0.2, 0.25) is 0 Å². The number of aromatic nitrogens is 1. The molecule has 2 rings (SSSR count). The van der Waals surface area contributed by atoms with Crippen molar-refractivity contribution in [2.45, 2.75) is 13.3 Å². The van der Waals surface area contributed by atoms with Gasteiger partial charge in [-0.3, -0.25) is 0 Å². The summed E-state index contributed by atoms with van der Waals surface area (Å²) in [6.45, 7) is 1.96. The minimum Gasteiger partial charge on any atom is -0.506 e. The van der Waals surface area contributed by atoms with Crippen molar-refractivity contribution in [3.8, 4) is 5.75 Å². The Morgan fingerprint density at radius 2 is 2.14 bits per heavy atom. The topological polar surface area (TPSA) is 59.1 Å². The van der Waals surface area contributed by atoms with Crippen LogP contribution in [0.5, 0.6) is 5.75 Å². The average molecular weight is 188 g/mol. The van der Waals surface area contributed by atoms with E-state index in [1.807, 2.05) is 25.1 Å². The third-order valence-electron chi connectivity index (χ3n) is 2.23. The van der Waals surface area contributed by atoms with Crippen LogP contribution in [0, 0.1) is 0 Å². The summed E-state index contributed by atoms with van der Waals surface area (Å²) >= 11 is 0. The number of rotatable bonds is 1. The van der Waals surface area contributed by atoms with E-state index in [0.717, 1.165) is 23.0 Å². The summed E-state index contributed by atoms with van der Waals surface area (Å²) in [5.74, 6) is 0.241. The summed E-state index contributed by atoms with van der Waals surface area (Å²) in [6, 6.07) is 7.19. The number of fused-ring (bicyclic) bond motifs is 1. The van der Waals surface area contributed by atoms with Crippen LogP contribution < -0.4 is 5.73 Å². The molecule has 72 valence electrons. The Bertz CT molecular complexity index is 480. The normalized spacial score (nSPS) is 10.6. The van der Waals surface area contributed by atoms with E-state index in [-0.39, 0.29) is 5.75 Å². The number of nitrogens with zero attached hydrogens (tertiary/aromatic N) is 1. The number of pyridine rings is 1. The molecule has 1 aromatic carbocycles. The van der Waals surface area contributed by atoms with Crippen molar-refractivity contribution in [1.82, 2.24) is 4.98 Å². The van der Waals surface area contributed by atoms with Crippen LogP contribution in [-0.2, 0) is 6.42 Å². The zero-order chi connectivity index (χ0) is 10.1. The second-order valence-corrected chi connectivity index (χ2v) is 3.26. The van der Waals surface area contributed by atoms with Crippen LogP contribution in [-0.4, -0.2) is 10.1 Å². The number of hydrogen-bond acceptors (Lipinski definition) is 3. The van der Waals surface area contributed by atoms with Gasteiger partial charge in [0.25, 0.3) is 0 Å².